The molecule has 232 valence electrons. The van der Waals surface area contributed by atoms with E-state index < -0.39 is 27.9 Å². The molecule has 0 N–H and O–H groups in total. The average Bonchev–Trinajstić information content (AvgIpc) is 3.06. The molecule has 2 aliphatic heterocycles. The minimum Gasteiger partial charge on any atom is -0.448 e. The number of unbranched alkanes of at least 4 members (excludes halogenated alkanes) is 1. The number of hydrogen-bond acceptors (Lipinski definition) is 9. The molecule has 2 atom stereocenters. The van der Waals surface area contributed by atoms with Gasteiger partial charge in [-0.25, -0.2) is 4.79 Å². The topological polar surface area (TPSA) is 119 Å². The lowest BCUT2D eigenvalue weighted by Crippen LogP contribution is -2.72. The standard InChI is InChI=1S/C34H33N3O6S2/c1-3-4-19-34(35-20-24-15-17-28(18-16-24)37(41)42)32(40)36-29(27(21-44-23(2)38)22-45-33(34)36)31(39)43-30(25-11-7-5-8-12-25)26-13-9-6-10-14-26/h5-18,20,30,33H,3-4,19,21-22H2,1-2H3/t33-,34+/m1/s1. The quantitative estimate of drug-likeness (QED) is 0.0701. The summed E-state index contributed by atoms with van der Waals surface area (Å²) in [6.07, 6.45) is 2.95. The number of carbonyl (C=O) groups excluding carboxylic acids is 3. The van der Waals surface area contributed by atoms with Crippen LogP contribution in [0.1, 0.15) is 55.9 Å². The fourth-order valence-electron chi connectivity index (χ4n) is 5.44. The number of esters is 1. The van der Waals surface area contributed by atoms with E-state index in [9.17, 15) is 24.5 Å². The summed E-state index contributed by atoms with van der Waals surface area (Å²) < 4.78 is 6.22. The van der Waals surface area contributed by atoms with E-state index in [-0.39, 0.29) is 28.2 Å². The molecule has 0 radical (unpaired) electrons. The zero-order valence-corrected chi connectivity index (χ0v) is 26.6. The fourth-order valence-corrected chi connectivity index (χ4v) is 7.69. The summed E-state index contributed by atoms with van der Waals surface area (Å²) >= 11 is 2.61. The van der Waals surface area contributed by atoms with Crippen LogP contribution in [0.2, 0.25) is 0 Å². The third-order valence-corrected chi connectivity index (χ3v) is 10.1. The van der Waals surface area contributed by atoms with E-state index in [4.69, 9.17) is 9.73 Å². The zero-order valence-electron chi connectivity index (χ0n) is 25.0. The van der Waals surface area contributed by atoms with Crippen molar-refractivity contribution in [1.82, 2.24) is 4.90 Å². The second kappa shape index (κ2) is 14.3. The second-order valence-electron chi connectivity index (χ2n) is 10.8. The highest BCUT2D eigenvalue weighted by molar-refractivity contribution is 8.13. The number of β-lactam (4-membered cyclic amide) rings is 1. The predicted octanol–water partition coefficient (Wildman–Crippen LogP) is 6.72. The number of aliphatic imine (C=N–C) groups is 1. The van der Waals surface area contributed by atoms with Gasteiger partial charge in [0, 0.05) is 36.8 Å². The Morgan fingerprint density at radius 3 is 2.27 bits per heavy atom. The number of fused-ring (bicyclic) bond motifs is 1. The summed E-state index contributed by atoms with van der Waals surface area (Å²) in [5.74, 6) is -0.242. The van der Waals surface area contributed by atoms with Gasteiger partial charge in [-0.3, -0.25) is 29.6 Å². The van der Waals surface area contributed by atoms with Crippen molar-refractivity contribution < 1.29 is 24.0 Å². The van der Waals surface area contributed by atoms with Crippen LogP contribution < -0.4 is 0 Å². The van der Waals surface area contributed by atoms with Crippen LogP contribution in [0.3, 0.4) is 0 Å². The Labute approximate surface area is 270 Å². The summed E-state index contributed by atoms with van der Waals surface area (Å²) in [7, 11) is 0. The lowest BCUT2D eigenvalue weighted by molar-refractivity contribution is -0.384. The van der Waals surface area contributed by atoms with Crippen LogP contribution in [0.15, 0.2) is 101 Å². The van der Waals surface area contributed by atoms with Crippen LogP contribution in [-0.4, -0.2) is 55.4 Å². The summed E-state index contributed by atoms with van der Waals surface area (Å²) in [6.45, 7) is 3.51. The number of non-ortho nitro benzene ring substituents is 1. The number of benzene rings is 3. The minimum absolute atomic E-state index is 0.0323. The van der Waals surface area contributed by atoms with Crippen LogP contribution >= 0.6 is 23.5 Å². The van der Waals surface area contributed by atoms with Gasteiger partial charge in [0.05, 0.1) is 4.92 Å². The van der Waals surface area contributed by atoms with E-state index in [0.29, 0.717) is 23.3 Å². The van der Waals surface area contributed by atoms with Gasteiger partial charge in [-0.2, -0.15) is 0 Å². The number of amides is 1. The van der Waals surface area contributed by atoms with Crippen molar-refractivity contribution in [1.29, 1.82) is 0 Å². The molecular weight excluding hydrogens is 611 g/mol. The van der Waals surface area contributed by atoms with Crippen LogP contribution in [0.25, 0.3) is 0 Å². The van der Waals surface area contributed by atoms with Crippen molar-refractivity contribution in [3.05, 3.63) is 123 Å². The van der Waals surface area contributed by atoms with Crippen LogP contribution in [-0.2, 0) is 19.1 Å². The Kier molecular flexibility index (Phi) is 10.2. The smallest absolute Gasteiger partial charge is 0.356 e. The molecule has 3 aromatic rings. The molecule has 9 nitrogen and oxygen atoms in total. The predicted molar refractivity (Wildman–Crippen MR) is 177 cm³/mol. The lowest BCUT2D eigenvalue weighted by Gasteiger charge is -2.55. The van der Waals surface area contributed by atoms with Gasteiger partial charge in [-0.15, -0.1) is 11.8 Å². The molecule has 2 aliphatic rings. The highest BCUT2D eigenvalue weighted by Crippen LogP contribution is 2.51. The average molecular weight is 644 g/mol. The molecule has 1 saturated heterocycles. The maximum absolute atomic E-state index is 14.2. The summed E-state index contributed by atoms with van der Waals surface area (Å²) in [4.78, 5) is 57.2. The van der Waals surface area contributed by atoms with Crippen molar-refractivity contribution in [3.8, 4) is 0 Å². The van der Waals surface area contributed by atoms with Gasteiger partial charge in [0.2, 0.25) is 0 Å². The largest absolute Gasteiger partial charge is 0.448 e. The molecule has 0 bridgehead atoms. The molecule has 1 fully saturated rings. The van der Waals surface area contributed by atoms with Crippen molar-refractivity contribution in [2.45, 2.75) is 50.1 Å². The summed E-state index contributed by atoms with van der Waals surface area (Å²) in [5.41, 5.74) is 1.91. The SMILES string of the molecule is CCCC[C@]1(N=Cc2ccc([N+](=O)[O-])cc2)C(=O)N2C(C(=O)OC(c3ccccc3)c3ccccc3)=C(CSC(C)=O)CS[C@@H]21. The van der Waals surface area contributed by atoms with Gasteiger partial charge in [0.25, 0.3) is 11.6 Å². The summed E-state index contributed by atoms with van der Waals surface area (Å²) in [6, 6.07) is 24.9. The van der Waals surface area contributed by atoms with Gasteiger partial charge in [-0.1, -0.05) is 92.2 Å². The van der Waals surface area contributed by atoms with E-state index in [0.717, 1.165) is 35.7 Å². The monoisotopic (exact) mass is 643 g/mol. The summed E-state index contributed by atoms with van der Waals surface area (Å²) in [5, 5.41) is 10.5. The van der Waals surface area contributed by atoms with Crippen LogP contribution in [0.4, 0.5) is 5.69 Å². The van der Waals surface area contributed by atoms with Gasteiger partial charge >= 0.3 is 5.97 Å². The third-order valence-electron chi connectivity index (χ3n) is 7.76. The molecule has 1 amide bonds. The molecule has 11 heteroatoms. The third kappa shape index (κ3) is 6.89. The van der Waals surface area contributed by atoms with Gasteiger partial charge in [-0.05, 0) is 40.8 Å². The Morgan fingerprint density at radius 2 is 1.71 bits per heavy atom. The molecule has 0 aromatic heterocycles. The molecule has 45 heavy (non-hydrogen) atoms. The number of carbonyl (C=O) groups is 3. The molecular formula is C34H33N3O6S2. The van der Waals surface area contributed by atoms with Gasteiger partial charge in [0.15, 0.2) is 16.8 Å². The van der Waals surface area contributed by atoms with E-state index >= 15 is 0 Å². The Morgan fingerprint density at radius 1 is 1.09 bits per heavy atom. The Balaban J connectivity index is 1.49. The van der Waals surface area contributed by atoms with E-state index in [1.165, 1.54) is 35.7 Å². The van der Waals surface area contributed by atoms with Crippen LogP contribution in [0.5, 0.6) is 0 Å². The van der Waals surface area contributed by atoms with Gasteiger partial charge < -0.3 is 4.74 Å². The Hall–Kier alpha value is -4.22. The number of hydrogen-bond donors (Lipinski definition) is 0. The number of rotatable bonds is 12. The minimum atomic E-state index is -1.11. The second-order valence-corrected chi connectivity index (χ2v) is 13.0. The first kappa shape index (κ1) is 32.2. The molecule has 0 spiro atoms. The number of nitro groups is 1. The number of thioether (sulfide) groups is 2. The van der Waals surface area contributed by atoms with Crippen molar-refractivity contribution in [2.24, 2.45) is 4.99 Å². The van der Waals surface area contributed by atoms with E-state index in [1.807, 2.05) is 67.6 Å². The molecule has 0 unspecified atom stereocenters. The molecule has 0 saturated carbocycles. The molecule has 3 aromatic carbocycles. The highest BCUT2D eigenvalue weighted by Gasteiger charge is 2.64. The van der Waals surface area contributed by atoms with E-state index in [1.54, 1.807) is 18.3 Å². The lowest BCUT2D eigenvalue weighted by atomic mass is 9.82. The van der Waals surface area contributed by atoms with Crippen molar-refractivity contribution in [3.63, 3.8) is 0 Å². The molecule has 0 aliphatic carbocycles. The fraction of sp³-hybridized carbons (Fsp3) is 0.294. The molecule has 2 heterocycles. The Bertz CT molecular complexity index is 1590. The van der Waals surface area contributed by atoms with E-state index in [2.05, 4.69) is 0 Å². The van der Waals surface area contributed by atoms with Crippen molar-refractivity contribution >= 4 is 52.4 Å². The molecule has 5 rings (SSSR count). The van der Waals surface area contributed by atoms with Gasteiger partial charge in [0.1, 0.15) is 11.1 Å². The van der Waals surface area contributed by atoms with Crippen molar-refractivity contribution in [2.75, 3.05) is 11.5 Å². The highest BCUT2D eigenvalue weighted by atomic mass is 32.2. The first-order valence-electron chi connectivity index (χ1n) is 14.7. The van der Waals surface area contributed by atoms with Crippen LogP contribution in [0, 0.1) is 10.1 Å². The maximum Gasteiger partial charge on any atom is 0.356 e. The first-order chi connectivity index (χ1) is 21.7. The zero-order chi connectivity index (χ0) is 32.0. The number of nitrogens with zero attached hydrogens (tertiary/aromatic N) is 3. The number of ether oxygens (including phenoxy) is 1. The maximum atomic E-state index is 14.2. The number of nitro benzene ring substituents is 1. The first-order valence-corrected chi connectivity index (χ1v) is 16.7. The normalized spacial score (nSPS) is 19.4.